The molecule has 1 aliphatic carbocycles. The highest BCUT2D eigenvalue weighted by molar-refractivity contribution is 5.85. The number of carbonyl (C=O) groups is 2. The minimum Gasteiger partial charge on any atom is -0.469 e. The number of fused-ring (bicyclic) bond motifs is 1. The zero-order chi connectivity index (χ0) is 18.7. The summed E-state index contributed by atoms with van der Waals surface area (Å²) in [6.07, 6.45) is 4.20. The van der Waals surface area contributed by atoms with Gasteiger partial charge in [0.1, 0.15) is 0 Å². The Balaban J connectivity index is 2.64. The first-order chi connectivity index (χ1) is 11.8. The summed E-state index contributed by atoms with van der Waals surface area (Å²) in [5.74, 6) is -0.580. The number of esters is 2. The number of carbonyl (C=O) groups excluding carboxylic acids is 2. The lowest BCUT2D eigenvalue weighted by atomic mass is 9.53. The molecule has 0 bridgehead atoms. The number of aryl methyl sites for hydroxylation is 1. The molecule has 0 heterocycles. The smallest absolute Gasteiger partial charge is 0.316 e. The number of benzene rings is 1. The number of ether oxygens (including phenoxy) is 2. The van der Waals surface area contributed by atoms with Gasteiger partial charge in [0.25, 0.3) is 0 Å². The quantitative estimate of drug-likeness (QED) is 0.581. The lowest BCUT2D eigenvalue weighted by Crippen LogP contribution is -2.52. The average molecular weight is 344 g/mol. The van der Waals surface area contributed by atoms with E-state index in [-0.39, 0.29) is 24.3 Å². The molecule has 4 nitrogen and oxygen atoms in total. The van der Waals surface area contributed by atoms with Crippen LogP contribution in [0.3, 0.4) is 0 Å². The van der Waals surface area contributed by atoms with Crippen molar-refractivity contribution in [3.63, 3.8) is 0 Å². The van der Waals surface area contributed by atoms with Crippen molar-refractivity contribution in [2.24, 2.45) is 11.3 Å². The van der Waals surface area contributed by atoms with Gasteiger partial charge in [-0.1, -0.05) is 44.2 Å². The summed E-state index contributed by atoms with van der Waals surface area (Å²) in [5.41, 5.74) is 0.913. The zero-order valence-corrected chi connectivity index (χ0v) is 15.6. The third-order valence-electron chi connectivity index (χ3n) is 5.58. The summed E-state index contributed by atoms with van der Waals surface area (Å²) in [4.78, 5) is 25.0. The maximum atomic E-state index is 13.1. The average Bonchev–Trinajstić information content (AvgIpc) is 2.60. The number of hydrogen-bond acceptors (Lipinski definition) is 4. The van der Waals surface area contributed by atoms with Crippen molar-refractivity contribution < 1.29 is 19.1 Å². The van der Waals surface area contributed by atoms with Gasteiger partial charge in [-0.25, -0.2) is 0 Å². The van der Waals surface area contributed by atoms with Crippen LogP contribution in [0.5, 0.6) is 0 Å². The van der Waals surface area contributed by atoms with E-state index in [1.807, 2.05) is 32.0 Å². The van der Waals surface area contributed by atoms with Crippen molar-refractivity contribution in [2.45, 2.75) is 44.9 Å². The monoisotopic (exact) mass is 344 g/mol. The Hall–Kier alpha value is -2.10. The fourth-order valence-electron chi connectivity index (χ4n) is 4.53. The maximum absolute atomic E-state index is 13.1. The zero-order valence-electron chi connectivity index (χ0n) is 15.6. The molecule has 2 atom stereocenters. The van der Waals surface area contributed by atoms with Gasteiger partial charge >= 0.3 is 11.9 Å². The van der Waals surface area contributed by atoms with Crippen LogP contribution < -0.4 is 0 Å². The van der Waals surface area contributed by atoms with Gasteiger partial charge in [-0.2, -0.15) is 0 Å². The molecule has 0 saturated heterocycles. The predicted octanol–water partition coefficient (Wildman–Crippen LogP) is 3.83. The first kappa shape index (κ1) is 19.2. The van der Waals surface area contributed by atoms with Gasteiger partial charge in [-0.05, 0) is 41.7 Å². The van der Waals surface area contributed by atoms with Crippen molar-refractivity contribution >= 4 is 11.9 Å². The molecule has 0 saturated carbocycles. The largest absolute Gasteiger partial charge is 0.469 e. The Kier molecular flexibility index (Phi) is 5.71. The molecule has 1 aromatic carbocycles. The van der Waals surface area contributed by atoms with Crippen molar-refractivity contribution in [1.29, 1.82) is 0 Å². The van der Waals surface area contributed by atoms with E-state index in [1.165, 1.54) is 19.8 Å². The number of rotatable bonds is 6. The molecule has 1 aliphatic rings. The van der Waals surface area contributed by atoms with Gasteiger partial charge in [-0.15, -0.1) is 6.58 Å². The Labute approximate surface area is 150 Å². The third-order valence-corrected chi connectivity index (χ3v) is 5.58. The van der Waals surface area contributed by atoms with Crippen LogP contribution >= 0.6 is 0 Å². The van der Waals surface area contributed by atoms with Gasteiger partial charge in [0.2, 0.25) is 0 Å². The lowest BCUT2D eigenvalue weighted by molar-refractivity contribution is -0.156. The standard InChI is InChI=1S/C21H28O4/c1-6-13-21(19(23)25-5)16-10-8-7-9-15(16)11-12-17(21)20(2,3)14-18(22)24-4/h6-10,17H,1,11-14H2,2-5H3/t17-,21-/m0/s1. The molecular formula is C21H28O4. The van der Waals surface area contributed by atoms with E-state index in [2.05, 4.69) is 12.6 Å². The Morgan fingerprint density at radius 1 is 1.28 bits per heavy atom. The summed E-state index contributed by atoms with van der Waals surface area (Å²) >= 11 is 0. The summed E-state index contributed by atoms with van der Waals surface area (Å²) in [7, 11) is 2.82. The van der Waals surface area contributed by atoms with Gasteiger partial charge in [0, 0.05) is 0 Å². The van der Waals surface area contributed by atoms with Crippen molar-refractivity contribution in [3.8, 4) is 0 Å². The molecule has 0 aromatic heterocycles. The third kappa shape index (κ3) is 3.35. The van der Waals surface area contributed by atoms with Crippen LogP contribution in [-0.4, -0.2) is 26.2 Å². The van der Waals surface area contributed by atoms with Crippen LogP contribution in [0.15, 0.2) is 36.9 Å². The van der Waals surface area contributed by atoms with E-state index in [9.17, 15) is 9.59 Å². The van der Waals surface area contributed by atoms with E-state index in [4.69, 9.17) is 9.47 Å². The molecule has 4 heteroatoms. The molecule has 0 radical (unpaired) electrons. The van der Waals surface area contributed by atoms with Crippen molar-refractivity contribution in [3.05, 3.63) is 48.0 Å². The molecule has 1 aromatic rings. The number of hydrogen-bond donors (Lipinski definition) is 0. The Morgan fingerprint density at radius 3 is 2.56 bits per heavy atom. The van der Waals surface area contributed by atoms with E-state index in [1.54, 1.807) is 6.08 Å². The summed E-state index contributed by atoms with van der Waals surface area (Å²) in [5, 5.41) is 0. The van der Waals surface area contributed by atoms with Gasteiger partial charge in [-0.3, -0.25) is 9.59 Å². The van der Waals surface area contributed by atoms with Crippen molar-refractivity contribution in [2.75, 3.05) is 14.2 Å². The fraction of sp³-hybridized carbons (Fsp3) is 0.524. The SMILES string of the molecule is C=CC[C@]1(C(=O)OC)c2ccccc2CC[C@H]1C(C)(C)CC(=O)OC. The van der Waals surface area contributed by atoms with E-state index in [0.717, 1.165) is 18.4 Å². The fourth-order valence-corrected chi connectivity index (χ4v) is 4.53. The predicted molar refractivity (Wildman–Crippen MR) is 97.2 cm³/mol. The van der Waals surface area contributed by atoms with E-state index >= 15 is 0 Å². The maximum Gasteiger partial charge on any atom is 0.316 e. The van der Waals surface area contributed by atoms with Crippen LogP contribution in [0.1, 0.15) is 44.2 Å². The van der Waals surface area contributed by atoms with Crippen LogP contribution in [0.4, 0.5) is 0 Å². The number of allylic oxidation sites excluding steroid dienone is 1. The normalized spacial score (nSPS) is 22.6. The van der Waals surface area contributed by atoms with Crippen molar-refractivity contribution in [1.82, 2.24) is 0 Å². The van der Waals surface area contributed by atoms with Crippen LogP contribution in [0.25, 0.3) is 0 Å². The minimum absolute atomic E-state index is 0.0561. The Bertz CT molecular complexity index is 662. The van der Waals surface area contributed by atoms with Gasteiger partial charge in [0.15, 0.2) is 0 Å². The topological polar surface area (TPSA) is 52.6 Å². The molecular weight excluding hydrogens is 316 g/mol. The second kappa shape index (κ2) is 7.42. The lowest BCUT2D eigenvalue weighted by Gasteiger charge is -2.49. The highest BCUT2D eigenvalue weighted by Crippen LogP contribution is 2.53. The summed E-state index contributed by atoms with van der Waals surface area (Å²) < 4.78 is 10.1. The highest BCUT2D eigenvalue weighted by Gasteiger charge is 2.55. The second-order valence-corrected chi connectivity index (χ2v) is 7.45. The second-order valence-electron chi connectivity index (χ2n) is 7.45. The molecule has 0 N–H and O–H groups in total. The molecule has 0 amide bonds. The van der Waals surface area contributed by atoms with Gasteiger partial charge < -0.3 is 9.47 Å². The first-order valence-electron chi connectivity index (χ1n) is 8.68. The molecule has 0 spiro atoms. The molecule has 25 heavy (non-hydrogen) atoms. The van der Waals surface area contributed by atoms with Crippen LogP contribution in [0, 0.1) is 11.3 Å². The highest BCUT2D eigenvalue weighted by atomic mass is 16.5. The minimum atomic E-state index is -0.830. The van der Waals surface area contributed by atoms with E-state index < -0.39 is 10.8 Å². The molecule has 0 fully saturated rings. The summed E-state index contributed by atoms with van der Waals surface area (Å²) in [6, 6.07) is 8.03. The molecule has 0 aliphatic heterocycles. The van der Waals surface area contributed by atoms with Crippen LogP contribution in [0.2, 0.25) is 0 Å². The van der Waals surface area contributed by atoms with Crippen LogP contribution in [-0.2, 0) is 30.9 Å². The molecule has 0 unspecified atom stereocenters. The number of methoxy groups -OCH3 is 2. The summed E-state index contributed by atoms with van der Waals surface area (Å²) in [6.45, 7) is 7.95. The molecule has 136 valence electrons. The Morgan fingerprint density at radius 2 is 1.96 bits per heavy atom. The molecule has 2 rings (SSSR count). The van der Waals surface area contributed by atoms with E-state index in [0.29, 0.717) is 6.42 Å². The van der Waals surface area contributed by atoms with Gasteiger partial charge in [0.05, 0.1) is 26.1 Å². The first-order valence-corrected chi connectivity index (χ1v) is 8.68.